The summed E-state index contributed by atoms with van der Waals surface area (Å²) in [6.45, 7) is 2.81. The van der Waals surface area contributed by atoms with Gasteiger partial charge in [0.15, 0.2) is 0 Å². The standard InChI is InChI=1S/C13H17N3OS/c14-13(18)11-5-2-1-4-10(11)8-16-7-3-6-15-12(17)9-16/h1-2,4-5H,3,6-9H2,(H2,14,18)(H,15,17). The minimum absolute atomic E-state index is 0.0836. The van der Waals surface area contributed by atoms with Gasteiger partial charge in [-0.2, -0.15) is 0 Å². The van der Waals surface area contributed by atoms with Crippen molar-refractivity contribution in [3.63, 3.8) is 0 Å². The van der Waals surface area contributed by atoms with Crippen LogP contribution in [-0.2, 0) is 11.3 Å². The Bertz CT molecular complexity index is 461. The number of amides is 1. The van der Waals surface area contributed by atoms with Crippen LogP contribution in [0.3, 0.4) is 0 Å². The highest BCUT2D eigenvalue weighted by molar-refractivity contribution is 7.80. The largest absolute Gasteiger partial charge is 0.389 e. The number of thiocarbonyl (C=S) groups is 1. The van der Waals surface area contributed by atoms with E-state index in [4.69, 9.17) is 18.0 Å². The summed E-state index contributed by atoms with van der Waals surface area (Å²) in [7, 11) is 0. The topological polar surface area (TPSA) is 58.4 Å². The lowest BCUT2D eigenvalue weighted by molar-refractivity contribution is -0.121. The number of hydrogen-bond acceptors (Lipinski definition) is 3. The van der Waals surface area contributed by atoms with Crippen molar-refractivity contribution in [3.8, 4) is 0 Å². The van der Waals surface area contributed by atoms with Crippen molar-refractivity contribution < 1.29 is 4.79 Å². The molecule has 0 saturated carbocycles. The van der Waals surface area contributed by atoms with Gasteiger partial charge in [0.2, 0.25) is 5.91 Å². The predicted molar refractivity (Wildman–Crippen MR) is 75.2 cm³/mol. The Morgan fingerprint density at radius 2 is 2.22 bits per heavy atom. The lowest BCUT2D eigenvalue weighted by atomic mass is 10.1. The molecule has 4 nitrogen and oxygen atoms in total. The smallest absolute Gasteiger partial charge is 0.234 e. The number of hydrogen-bond donors (Lipinski definition) is 2. The molecular weight excluding hydrogens is 246 g/mol. The zero-order chi connectivity index (χ0) is 13.0. The molecule has 0 aromatic heterocycles. The molecule has 0 bridgehead atoms. The summed E-state index contributed by atoms with van der Waals surface area (Å²) in [6, 6.07) is 7.83. The van der Waals surface area contributed by atoms with Crippen LogP contribution in [0.15, 0.2) is 24.3 Å². The van der Waals surface area contributed by atoms with E-state index in [0.29, 0.717) is 18.1 Å². The van der Waals surface area contributed by atoms with Gasteiger partial charge in [-0.1, -0.05) is 36.5 Å². The number of carbonyl (C=O) groups is 1. The Kier molecular flexibility index (Phi) is 4.28. The lowest BCUT2D eigenvalue weighted by Gasteiger charge is -2.20. The van der Waals surface area contributed by atoms with E-state index in [2.05, 4.69) is 10.2 Å². The molecule has 1 aromatic rings. The van der Waals surface area contributed by atoms with Gasteiger partial charge in [0.1, 0.15) is 4.99 Å². The highest BCUT2D eigenvalue weighted by atomic mass is 32.1. The number of carbonyl (C=O) groups excluding carboxylic acids is 1. The fraction of sp³-hybridized carbons (Fsp3) is 0.385. The Labute approximate surface area is 112 Å². The molecule has 0 spiro atoms. The van der Waals surface area contributed by atoms with E-state index in [9.17, 15) is 4.79 Å². The summed E-state index contributed by atoms with van der Waals surface area (Å²) >= 11 is 5.05. The summed E-state index contributed by atoms with van der Waals surface area (Å²) < 4.78 is 0. The highest BCUT2D eigenvalue weighted by Gasteiger charge is 2.16. The van der Waals surface area contributed by atoms with E-state index in [1.807, 2.05) is 24.3 Å². The summed E-state index contributed by atoms with van der Waals surface area (Å²) in [5.41, 5.74) is 7.69. The molecule has 5 heteroatoms. The first-order valence-electron chi connectivity index (χ1n) is 6.03. The SMILES string of the molecule is NC(=S)c1ccccc1CN1CCCNC(=O)C1. The first-order valence-corrected chi connectivity index (χ1v) is 6.44. The van der Waals surface area contributed by atoms with Crippen molar-refractivity contribution in [3.05, 3.63) is 35.4 Å². The van der Waals surface area contributed by atoms with Crippen LogP contribution in [0.4, 0.5) is 0 Å². The monoisotopic (exact) mass is 263 g/mol. The third kappa shape index (κ3) is 3.27. The third-order valence-electron chi connectivity index (χ3n) is 3.02. The molecular formula is C13H17N3OS. The first kappa shape index (κ1) is 13.0. The maximum absolute atomic E-state index is 11.5. The van der Waals surface area contributed by atoms with E-state index < -0.39 is 0 Å². The molecule has 1 amide bonds. The first-order chi connectivity index (χ1) is 8.66. The Morgan fingerprint density at radius 3 is 3.00 bits per heavy atom. The van der Waals surface area contributed by atoms with Gasteiger partial charge in [-0.3, -0.25) is 9.69 Å². The van der Waals surface area contributed by atoms with Crippen LogP contribution in [0, 0.1) is 0 Å². The fourth-order valence-corrected chi connectivity index (χ4v) is 2.34. The van der Waals surface area contributed by atoms with Crippen LogP contribution in [0.5, 0.6) is 0 Å². The van der Waals surface area contributed by atoms with Crippen LogP contribution in [-0.4, -0.2) is 35.4 Å². The predicted octanol–water partition coefficient (Wildman–Crippen LogP) is 0.643. The van der Waals surface area contributed by atoms with E-state index in [-0.39, 0.29) is 5.91 Å². The third-order valence-corrected chi connectivity index (χ3v) is 3.24. The molecule has 0 unspecified atom stereocenters. The molecule has 1 aromatic carbocycles. The van der Waals surface area contributed by atoms with Crippen LogP contribution < -0.4 is 11.1 Å². The van der Waals surface area contributed by atoms with Crippen LogP contribution in [0.1, 0.15) is 17.5 Å². The number of benzene rings is 1. The molecule has 3 N–H and O–H groups in total. The van der Waals surface area contributed by atoms with Gasteiger partial charge < -0.3 is 11.1 Å². The van der Waals surface area contributed by atoms with E-state index in [0.717, 1.165) is 30.6 Å². The van der Waals surface area contributed by atoms with Crippen molar-refractivity contribution in [1.29, 1.82) is 0 Å². The van der Waals surface area contributed by atoms with Crippen LogP contribution >= 0.6 is 12.2 Å². The zero-order valence-corrected chi connectivity index (χ0v) is 11.0. The fourth-order valence-electron chi connectivity index (χ4n) is 2.14. The van der Waals surface area contributed by atoms with Gasteiger partial charge in [-0.15, -0.1) is 0 Å². The summed E-state index contributed by atoms with van der Waals surface area (Å²) in [5, 5.41) is 2.87. The number of nitrogens with one attached hydrogen (secondary N) is 1. The summed E-state index contributed by atoms with van der Waals surface area (Å²) in [4.78, 5) is 14.0. The van der Waals surface area contributed by atoms with E-state index in [1.165, 1.54) is 0 Å². The second-order valence-corrected chi connectivity index (χ2v) is 4.88. The van der Waals surface area contributed by atoms with Gasteiger partial charge in [-0.05, 0) is 12.0 Å². The Balaban J connectivity index is 2.13. The quantitative estimate of drug-likeness (QED) is 0.786. The minimum Gasteiger partial charge on any atom is -0.389 e. The second kappa shape index (κ2) is 5.93. The van der Waals surface area contributed by atoms with Gasteiger partial charge in [0.05, 0.1) is 6.54 Å². The average molecular weight is 263 g/mol. The number of nitrogens with two attached hydrogens (primary N) is 1. The molecule has 96 valence electrons. The lowest BCUT2D eigenvalue weighted by Crippen LogP contribution is -2.33. The molecule has 1 aliphatic heterocycles. The molecule has 1 saturated heterocycles. The number of rotatable bonds is 3. The van der Waals surface area contributed by atoms with Crippen molar-refractivity contribution in [2.24, 2.45) is 5.73 Å². The highest BCUT2D eigenvalue weighted by Crippen LogP contribution is 2.12. The normalized spacial score (nSPS) is 17.0. The van der Waals surface area contributed by atoms with Crippen molar-refractivity contribution in [1.82, 2.24) is 10.2 Å². The van der Waals surface area contributed by atoms with Gasteiger partial charge in [0.25, 0.3) is 0 Å². The van der Waals surface area contributed by atoms with Crippen LogP contribution in [0.25, 0.3) is 0 Å². The summed E-state index contributed by atoms with van der Waals surface area (Å²) in [6.07, 6.45) is 0.973. The Morgan fingerprint density at radius 1 is 1.44 bits per heavy atom. The molecule has 18 heavy (non-hydrogen) atoms. The van der Waals surface area contributed by atoms with Gasteiger partial charge >= 0.3 is 0 Å². The van der Waals surface area contributed by atoms with Crippen molar-refractivity contribution in [2.75, 3.05) is 19.6 Å². The molecule has 1 fully saturated rings. The second-order valence-electron chi connectivity index (χ2n) is 4.44. The Hall–Kier alpha value is -1.46. The van der Waals surface area contributed by atoms with Gasteiger partial charge in [-0.25, -0.2) is 0 Å². The maximum Gasteiger partial charge on any atom is 0.234 e. The minimum atomic E-state index is 0.0836. The van der Waals surface area contributed by atoms with Crippen LogP contribution in [0.2, 0.25) is 0 Å². The molecule has 0 aliphatic carbocycles. The molecule has 2 rings (SSSR count). The van der Waals surface area contributed by atoms with Crippen molar-refractivity contribution >= 4 is 23.1 Å². The summed E-state index contributed by atoms with van der Waals surface area (Å²) in [5.74, 6) is 0.0836. The van der Waals surface area contributed by atoms with E-state index >= 15 is 0 Å². The van der Waals surface area contributed by atoms with E-state index in [1.54, 1.807) is 0 Å². The molecule has 1 aliphatic rings. The molecule has 1 heterocycles. The maximum atomic E-state index is 11.5. The molecule has 0 atom stereocenters. The van der Waals surface area contributed by atoms with Crippen molar-refractivity contribution in [2.45, 2.75) is 13.0 Å². The number of nitrogens with zero attached hydrogens (tertiary/aromatic N) is 1. The zero-order valence-electron chi connectivity index (χ0n) is 10.2. The average Bonchev–Trinajstić information content (AvgIpc) is 2.54. The van der Waals surface area contributed by atoms with Gasteiger partial charge in [0, 0.05) is 25.2 Å². The molecule has 0 radical (unpaired) electrons.